The summed E-state index contributed by atoms with van der Waals surface area (Å²) >= 11 is 0. The molecule has 2 atom stereocenters. The number of allylic oxidation sites excluding steroid dienone is 4. The average Bonchev–Trinajstić information content (AvgIpc) is 2.89. The number of aryl methyl sites for hydroxylation is 1. The molecule has 1 fully saturated rings. The Morgan fingerprint density at radius 1 is 1.13 bits per heavy atom. The van der Waals surface area contributed by atoms with E-state index in [1.807, 2.05) is 36.6 Å². The molecule has 1 aliphatic carbocycles. The molecule has 6 rings (SSSR count). The van der Waals surface area contributed by atoms with Crippen molar-refractivity contribution in [1.82, 2.24) is 30.2 Å². The number of β-amino-alcohol motifs (C(OH)–C–C–N with tert-alkyl or cyclic N) is 1. The van der Waals surface area contributed by atoms with E-state index in [0.29, 0.717) is 46.6 Å². The van der Waals surface area contributed by atoms with Crippen LogP contribution in [0.1, 0.15) is 23.2 Å². The summed E-state index contributed by atoms with van der Waals surface area (Å²) in [6.07, 6.45) is 11.5. The molecular formula is C28H25N9O. The van der Waals surface area contributed by atoms with E-state index in [2.05, 4.69) is 37.0 Å². The first kappa shape index (κ1) is 23.7. The summed E-state index contributed by atoms with van der Waals surface area (Å²) < 4.78 is 0. The number of anilines is 3. The zero-order valence-electron chi connectivity index (χ0n) is 20.7. The van der Waals surface area contributed by atoms with E-state index in [4.69, 9.17) is 9.97 Å². The molecule has 0 bridgehead atoms. The Morgan fingerprint density at radius 3 is 2.79 bits per heavy atom. The van der Waals surface area contributed by atoms with Crippen molar-refractivity contribution in [3.63, 3.8) is 0 Å². The van der Waals surface area contributed by atoms with Crippen LogP contribution in [0.25, 0.3) is 27.9 Å². The minimum absolute atomic E-state index is 0.144. The molecular weight excluding hydrogens is 478 g/mol. The summed E-state index contributed by atoms with van der Waals surface area (Å²) in [6, 6.07) is 9.16. The number of hydrogen-bond donors (Lipinski definition) is 4. The number of pyridine rings is 3. The molecule has 0 spiro atoms. The Balaban J connectivity index is 1.40. The summed E-state index contributed by atoms with van der Waals surface area (Å²) in [5, 5.41) is 30.6. The smallest absolute Gasteiger partial charge is 0.162 e. The summed E-state index contributed by atoms with van der Waals surface area (Å²) in [5.41, 5.74) is 4.65. The lowest BCUT2D eigenvalue weighted by molar-refractivity contribution is 0.128. The maximum atomic E-state index is 10.6. The first-order chi connectivity index (χ1) is 18.6. The third-order valence-corrected chi connectivity index (χ3v) is 6.72. The maximum absolute atomic E-state index is 10.6. The van der Waals surface area contributed by atoms with Gasteiger partial charge in [0, 0.05) is 30.1 Å². The van der Waals surface area contributed by atoms with Crippen LogP contribution in [0.3, 0.4) is 0 Å². The van der Waals surface area contributed by atoms with Crippen molar-refractivity contribution in [2.24, 2.45) is 0 Å². The minimum Gasteiger partial charge on any atom is -0.390 e. The largest absolute Gasteiger partial charge is 0.390 e. The monoisotopic (exact) mass is 503 g/mol. The van der Waals surface area contributed by atoms with Gasteiger partial charge in [-0.15, -0.1) is 0 Å². The van der Waals surface area contributed by atoms with E-state index < -0.39 is 6.10 Å². The highest BCUT2D eigenvalue weighted by Crippen LogP contribution is 2.34. The lowest BCUT2D eigenvalue weighted by atomic mass is 9.97. The number of nitrogens with zero attached hydrogens (tertiary/aromatic N) is 6. The SMILES string of the molecule is Cc1nc(Nc2cc(-c3nc(N[C@@H]4CCNC[C@@H]4O)c4c(C5=CC=C5)cncc4n3)ccn2)ccc1C#N. The number of aliphatic hydroxyl groups excluding tert-OH is 1. The number of nitriles is 1. The van der Waals surface area contributed by atoms with Gasteiger partial charge in [-0.25, -0.2) is 19.9 Å². The lowest BCUT2D eigenvalue weighted by Gasteiger charge is -2.30. The summed E-state index contributed by atoms with van der Waals surface area (Å²) in [6.45, 7) is 3.13. The predicted molar refractivity (Wildman–Crippen MR) is 146 cm³/mol. The second kappa shape index (κ2) is 9.97. The van der Waals surface area contributed by atoms with Gasteiger partial charge in [0.05, 0.1) is 40.5 Å². The van der Waals surface area contributed by atoms with Gasteiger partial charge in [-0.1, -0.05) is 18.2 Å². The Hall–Kier alpha value is -4.72. The molecule has 1 saturated heterocycles. The zero-order valence-corrected chi connectivity index (χ0v) is 20.7. The molecule has 188 valence electrons. The second-order valence-electron chi connectivity index (χ2n) is 9.27. The van der Waals surface area contributed by atoms with Crippen LogP contribution in [0, 0.1) is 18.3 Å². The van der Waals surface area contributed by atoms with Gasteiger partial charge in [0.1, 0.15) is 23.5 Å². The molecule has 1 aliphatic heterocycles. The molecule has 0 aromatic carbocycles. The first-order valence-corrected chi connectivity index (χ1v) is 12.4. The molecule has 4 N–H and O–H groups in total. The van der Waals surface area contributed by atoms with Crippen LogP contribution in [0.5, 0.6) is 0 Å². The molecule has 0 radical (unpaired) electrons. The number of fused-ring (bicyclic) bond motifs is 1. The van der Waals surface area contributed by atoms with Gasteiger partial charge in [-0.2, -0.15) is 5.26 Å². The molecule has 10 heteroatoms. The van der Waals surface area contributed by atoms with E-state index in [-0.39, 0.29) is 6.04 Å². The third-order valence-electron chi connectivity index (χ3n) is 6.72. The van der Waals surface area contributed by atoms with Crippen molar-refractivity contribution >= 4 is 33.9 Å². The zero-order chi connectivity index (χ0) is 26.1. The number of piperidine rings is 1. The summed E-state index contributed by atoms with van der Waals surface area (Å²) in [5.74, 6) is 2.33. The number of rotatable bonds is 6. The highest BCUT2D eigenvalue weighted by Gasteiger charge is 2.25. The van der Waals surface area contributed by atoms with Crippen LogP contribution in [0.4, 0.5) is 17.5 Å². The standard InChI is InChI=1S/C28H25N9O/c1-16-19(12-29)5-6-24(33-16)36-25-11-18(7-10-32-25)27-35-22-14-31-13-20(17-3-2-4-17)26(22)28(37-27)34-21-8-9-30-15-23(21)38/h2-7,10-11,13-14,21,23,30,38H,8-9,15H2,1H3,(H,32,33,36)(H,34,35,37)/t21-,23+/m1/s1. The topological polar surface area (TPSA) is 145 Å². The lowest BCUT2D eigenvalue weighted by Crippen LogP contribution is -2.47. The first-order valence-electron chi connectivity index (χ1n) is 12.4. The van der Waals surface area contributed by atoms with Crippen LogP contribution >= 0.6 is 0 Å². The van der Waals surface area contributed by atoms with E-state index in [1.165, 1.54) is 0 Å². The molecule has 0 saturated carbocycles. The van der Waals surface area contributed by atoms with Crippen molar-refractivity contribution < 1.29 is 5.11 Å². The van der Waals surface area contributed by atoms with Crippen LogP contribution in [-0.4, -0.2) is 55.3 Å². The van der Waals surface area contributed by atoms with Crippen LogP contribution < -0.4 is 16.0 Å². The van der Waals surface area contributed by atoms with E-state index in [1.54, 1.807) is 31.5 Å². The molecule has 4 aromatic rings. The molecule has 2 aliphatic rings. The number of aliphatic hydroxyl groups is 1. The van der Waals surface area contributed by atoms with Crippen molar-refractivity contribution in [2.75, 3.05) is 23.7 Å². The highest BCUT2D eigenvalue weighted by molar-refractivity contribution is 6.02. The third kappa shape index (κ3) is 4.56. The Morgan fingerprint density at radius 2 is 2.03 bits per heavy atom. The van der Waals surface area contributed by atoms with E-state index >= 15 is 0 Å². The van der Waals surface area contributed by atoms with E-state index in [0.717, 1.165) is 35.1 Å². The molecule has 38 heavy (non-hydrogen) atoms. The van der Waals surface area contributed by atoms with Gasteiger partial charge < -0.3 is 21.1 Å². The molecule has 5 heterocycles. The number of hydrogen-bond acceptors (Lipinski definition) is 10. The van der Waals surface area contributed by atoms with Crippen LogP contribution in [0.2, 0.25) is 0 Å². The fourth-order valence-electron chi connectivity index (χ4n) is 4.61. The Bertz CT molecular complexity index is 1640. The fraction of sp³-hybridized carbons (Fsp3) is 0.214. The summed E-state index contributed by atoms with van der Waals surface area (Å²) in [4.78, 5) is 23.1. The highest BCUT2D eigenvalue weighted by atomic mass is 16.3. The molecule has 0 unspecified atom stereocenters. The van der Waals surface area contributed by atoms with Crippen molar-refractivity contribution in [1.29, 1.82) is 5.26 Å². The fourth-order valence-corrected chi connectivity index (χ4v) is 4.61. The van der Waals surface area contributed by atoms with Gasteiger partial charge in [0.25, 0.3) is 0 Å². The molecule has 0 amide bonds. The van der Waals surface area contributed by atoms with Gasteiger partial charge in [-0.05, 0) is 49.7 Å². The molecule has 10 nitrogen and oxygen atoms in total. The van der Waals surface area contributed by atoms with Crippen molar-refractivity contribution in [3.8, 4) is 17.5 Å². The predicted octanol–water partition coefficient (Wildman–Crippen LogP) is 3.49. The van der Waals surface area contributed by atoms with Gasteiger partial charge >= 0.3 is 0 Å². The quantitative estimate of drug-likeness (QED) is 0.308. The molecule has 4 aromatic heterocycles. The average molecular weight is 504 g/mol. The Labute approximate surface area is 219 Å². The second-order valence-corrected chi connectivity index (χ2v) is 9.27. The van der Waals surface area contributed by atoms with Gasteiger partial charge in [0.2, 0.25) is 0 Å². The summed E-state index contributed by atoms with van der Waals surface area (Å²) in [7, 11) is 0. The van der Waals surface area contributed by atoms with Crippen LogP contribution in [0.15, 0.2) is 61.1 Å². The normalized spacial score (nSPS) is 18.4. The van der Waals surface area contributed by atoms with Crippen molar-refractivity contribution in [3.05, 3.63) is 77.9 Å². The Kier molecular flexibility index (Phi) is 6.21. The number of nitrogens with one attached hydrogen (secondary N) is 3. The van der Waals surface area contributed by atoms with E-state index in [9.17, 15) is 10.4 Å². The van der Waals surface area contributed by atoms with Crippen molar-refractivity contribution in [2.45, 2.75) is 25.5 Å². The maximum Gasteiger partial charge on any atom is 0.162 e. The minimum atomic E-state index is -0.537. The van der Waals surface area contributed by atoms with Crippen LogP contribution in [-0.2, 0) is 0 Å². The van der Waals surface area contributed by atoms with Gasteiger partial charge in [0.15, 0.2) is 5.82 Å². The number of aromatic nitrogens is 5. The van der Waals surface area contributed by atoms with Gasteiger partial charge in [-0.3, -0.25) is 4.98 Å².